The lowest BCUT2D eigenvalue weighted by molar-refractivity contribution is -0.114. The smallest absolute Gasteiger partial charge is 0.230 e. The Morgan fingerprint density at radius 3 is 2.71 bits per heavy atom. The van der Waals surface area contributed by atoms with Crippen LogP contribution in [0.1, 0.15) is 0 Å². The first-order valence-electron chi connectivity index (χ1n) is 3.78. The third-order valence-corrected chi connectivity index (χ3v) is 1.66. The molecule has 14 heavy (non-hydrogen) atoms. The van der Waals surface area contributed by atoms with Gasteiger partial charge >= 0.3 is 0 Å². The molecular weight excluding hydrogens is 204 g/mol. The number of azide groups is 1. The Bertz CT molecular complexity index is 369. The predicted molar refractivity (Wildman–Crippen MR) is 54.1 cm³/mol. The van der Waals surface area contributed by atoms with Gasteiger partial charge < -0.3 is 5.32 Å². The summed E-state index contributed by atoms with van der Waals surface area (Å²) < 4.78 is 0. The molecule has 0 aromatic heterocycles. The molecule has 0 saturated heterocycles. The molecule has 5 nitrogen and oxygen atoms in total. The number of amides is 1. The van der Waals surface area contributed by atoms with Crippen LogP contribution in [-0.4, -0.2) is 12.5 Å². The molecule has 72 valence electrons. The number of halogens is 1. The highest BCUT2D eigenvalue weighted by atomic mass is 35.5. The number of benzene rings is 1. The second kappa shape index (κ2) is 5.11. The van der Waals surface area contributed by atoms with Gasteiger partial charge in [-0.2, -0.15) is 0 Å². The van der Waals surface area contributed by atoms with E-state index in [4.69, 9.17) is 17.1 Å². The fraction of sp³-hybridized carbons (Fsp3) is 0.125. The molecule has 0 aliphatic carbocycles. The minimum absolute atomic E-state index is 0.209. The summed E-state index contributed by atoms with van der Waals surface area (Å²) in [6.45, 7) is -0.209. The normalized spacial score (nSPS) is 8.93. The van der Waals surface area contributed by atoms with E-state index in [0.29, 0.717) is 10.7 Å². The van der Waals surface area contributed by atoms with Crippen molar-refractivity contribution in [3.8, 4) is 0 Å². The van der Waals surface area contributed by atoms with Crippen molar-refractivity contribution >= 4 is 23.2 Å². The predicted octanol–water partition coefficient (Wildman–Crippen LogP) is 2.59. The number of hydrogen-bond acceptors (Lipinski definition) is 2. The summed E-state index contributed by atoms with van der Waals surface area (Å²) in [5, 5.41) is 6.26. The van der Waals surface area contributed by atoms with Gasteiger partial charge in [0.2, 0.25) is 5.91 Å². The van der Waals surface area contributed by atoms with Crippen molar-refractivity contribution < 1.29 is 4.79 Å². The molecule has 0 aliphatic heterocycles. The van der Waals surface area contributed by atoms with E-state index in [0.717, 1.165) is 0 Å². The fourth-order valence-corrected chi connectivity index (χ4v) is 0.956. The zero-order valence-electron chi connectivity index (χ0n) is 7.14. The summed E-state index contributed by atoms with van der Waals surface area (Å²) >= 11 is 5.65. The molecule has 1 N–H and O–H groups in total. The van der Waals surface area contributed by atoms with Crippen LogP contribution in [0.5, 0.6) is 0 Å². The molecule has 0 aliphatic rings. The van der Waals surface area contributed by atoms with E-state index in [1.807, 2.05) is 0 Å². The summed E-state index contributed by atoms with van der Waals surface area (Å²) in [6.07, 6.45) is 0. The van der Waals surface area contributed by atoms with Crippen molar-refractivity contribution in [2.75, 3.05) is 11.9 Å². The van der Waals surface area contributed by atoms with Gasteiger partial charge in [-0.3, -0.25) is 4.79 Å². The van der Waals surface area contributed by atoms with Crippen molar-refractivity contribution in [2.45, 2.75) is 0 Å². The van der Waals surface area contributed by atoms with Crippen molar-refractivity contribution in [1.82, 2.24) is 0 Å². The number of nitrogens with zero attached hydrogens (tertiary/aromatic N) is 3. The molecule has 0 heterocycles. The monoisotopic (exact) mass is 210 g/mol. The summed E-state index contributed by atoms with van der Waals surface area (Å²) in [7, 11) is 0. The first-order valence-corrected chi connectivity index (χ1v) is 4.16. The first-order chi connectivity index (χ1) is 6.72. The van der Waals surface area contributed by atoms with Crippen LogP contribution in [0.15, 0.2) is 29.4 Å². The molecule has 0 fully saturated rings. The van der Waals surface area contributed by atoms with Gasteiger partial charge in [0.1, 0.15) is 6.54 Å². The van der Waals surface area contributed by atoms with Crippen LogP contribution in [-0.2, 0) is 4.79 Å². The van der Waals surface area contributed by atoms with Crippen molar-refractivity contribution in [1.29, 1.82) is 0 Å². The fourth-order valence-electron chi connectivity index (χ4n) is 0.830. The van der Waals surface area contributed by atoms with Gasteiger partial charge in [0, 0.05) is 15.6 Å². The van der Waals surface area contributed by atoms with Crippen molar-refractivity contribution in [2.24, 2.45) is 5.11 Å². The highest BCUT2D eigenvalue weighted by molar-refractivity contribution is 6.30. The average molecular weight is 211 g/mol. The Morgan fingerprint density at radius 2 is 2.14 bits per heavy atom. The van der Waals surface area contributed by atoms with Gasteiger partial charge in [0.05, 0.1) is 0 Å². The Morgan fingerprint density at radius 1 is 1.50 bits per heavy atom. The standard InChI is InChI=1S/C8H7ClN4O/c9-6-1-3-7(4-2-6)12-8(14)5-11-13-10/h1-4H,5H2,(H,12,14). The van der Waals surface area contributed by atoms with E-state index in [1.54, 1.807) is 24.3 Å². The molecule has 6 heteroatoms. The molecule has 1 amide bonds. The second-order valence-electron chi connectivity index (χ2n) is 2.44. The van der Waals surface area contributed by atoms with E-state index in [-0.39, 0.29) is 12.5 Å². The van der Waals surface area contributed by atoms with Crippen molar-refractivity contribution in [3.63, 3.8) is 0 Å². The van der Waals surface area contributed by atoms with E-state index >= 15 is 0 Å². The maximum Gasteiger partial charge on any atom is 0.230 e. The molecule has 0 radical (unpaired) electrons. The number of carbonyl (C=O) groups excluding carboxylic acids is 1. The Kier molecular flexibility index (Phi) is 3.79. The molecule has 1 aromatic carbocycles. The Labute approximate surface area is 85.3 Å². The first kappa shape index (κ1) is 10.4. The highest BCUT2D eigenvalue weighted by Gasteiger charge is 1.99. The quantitative estimate of drug-likeness (QED) is 0.465. The number of rotatable bonds is 3. The lowest BCUT2D eigenvalue weighted by Crippen LogP contribution is -2.14. The average Bonchev–Trinajstić information content (AvgIpc) is 2.18. The minimum Gasteiger partial charge on any atom is -0.326 e. The number of hydrogen-bond donors (Lipinski definition) is 1. The van der Waals surface area contributed by atoms with Gasteiger partial charge in [-0.1, -0.05) is 16.7 Å². The SMILES string of the molecule is [N-]=[N+]=NCC(=O)Nc1ccc(Cl)cc1. The Hall–Kier alpha value is -1.71. The van der Waals surface area contributed by atoms with E-state index in [2.05, 4.69) is 15.3 Å². The van der Waals surface area contributed by atoms with Crippen LogP contribution < -0.4 is 5.32 Å². The lowest BCUT2D eigenvalue weighted by Gasteiger charge is -2.01. The zero-order valence-corrected chi connectivity index (χ0v) is 7.90. The van der Waals surface area contributed by atoms with Crippen LogP contribution in [0.3, 0.4) is 0 Å². The third kappa shape index (κ3) is 3.35. The topological polar surface area (TPSA) is 77.9 Å². The summed E-state index contributed by atoms with van der Waals surface area (Å²) in [6, 6.07) is 6.64. The number of anilines is 1. The lowest BCUT2D eigenvalue weighted by atomic mass is 10.3. The molecule has 0 saturated carbocycles. The van der Waals surface area contributed by atoms with E-state index in [1.165, 1.54) is 0 Å². The summed E-state index contributed by atoms with van der Waals surface area (Å²) in [5.41, 5.74) is 8.60. The van der Waals surface area contributed by atoms with Crippen LogP contribution >= 0.6 is 11.6 Å². The van der Waals surface area contributed by atoms with E-state index in [9.17, 15) is 4.79 Å². The Balaban J connectivity index is 2.56. The van der Waals surface area contributed by atoms with Gasteiger partial charge in [-0.05, 0) is 29.8 Å². The molecule has 1 rings (SSSR count). The van der Waals surface area contributed by atoms with Crippen LogP contribution in [0, 0.1) is 0 Å². The molecule has 0 atom stereocenters. The highest BCUT2D eigenvalue weighted by Crippen LogP contribution is 2.12. The zero-order chi connectivity index (χ0) is 10.4. The molecule has 0 unspecified atom stereocenters. The molecule has 0 bridgehead atoms. The van der Waals surface area contributed by atoms with Gasteiger partial charge in [0.15, 0.2) is 0 Å². The number of carbonyl (C=O) groups is 1. The van der Waals surface area contributed by atoms with Gasteiger partial charge in [-0.25, -0.2) is 0 Å². The maximum absolute atomic E-state index is 11.0. The second-order valence-corrected chi connectivity index (χ2v) is 2.88. The van der Waals surface area contributed by atoms with Crippen LogP contribution in [0.25, 0.3) is 10.4 Å². The molecule has 0 spiro atoms. The minimum atomic E-state index is -0.356. The van der Waals surface area contributed by atoms with Gasteiger partial charge in [-0.15, -0.1) is 0 Å². The van der Waals surface area contributed by atoms with Gasteiger partial charge in [0.25, 0.3) is 0 Å². The maximum atomic E-state index is 11.0. The molecule has 1 aromatic rings. The van der Waals surface area contributed by atoms with Crippen LogP contribution in [0.4, 0.5) is 5.69 Å². The summed E-state index contributed by atoms with van der Waals surface area (Å²) in [4.78, 5) is 13.5. The third-order valence-electron chi connectivity index (χ3n) is 1.41. The van der Waals surface area contributed by atoms with Crippen LogP contribution in [0.2, 0.25) is 5.02 Å². The van der Waals surface area contributed by atoms with E-state index < -0.39 is 0 Å². The molecular formula is C8H7ClN4O. The largest absolute Gasteiger partial charge is 0.326 e. The van der Waals surface area contributed by atoms with Crippen molar-refractivity contribution in [3.05, 3.63) is 39.7 Å². The number of nitrogens with one attached hydrogen (secondary N) is 1. The summed E-state index contributed by atoms with van der Waals surface area (Å²) in [5.74, 6) is -0.356.